The Bertz CT molecular complexity index is 645. The molecule has 1 unspecified atom stereocenters. The van der Waals surface area contributed by atoms with Gasteiger partial charge in [0.1, 0.15) is 16.8 Å². The highest BCUT2D eigenvalue weighted by atomic mass is 32.2. The minimum Gasteiger partial charge on any atom is -0.478 e. The number of carboxylic acids is 1. The minimum atomic E-state index is -4.43. The van der Waals surface area contributed by atoms with Gasteiger partial charge in [0.05, 0.1) is 5.56 Å². The van der Waals surface area contributed by atoms with Gasteiger partial charge in [-0.1, -0.05) is 0 Å². The van der Waals surface area contributed by atoms with E-state index in [0.717, 1.165) is 6.07 Å². The summed E-state index contributed by atoms with van der Waals surface area (Å²) in [6, 6.07) is 2.20. The van der Waals surface area contributed by atoms with E-state index in [1.165, 1.54) is 0 Å². The number of rotatable bonds is 6. The molecule has 0 radical (unpaired) electrons. The molecule has 0 spiro atoms. The molecule has 1 atom stereocenters. The zero-order valence-corrected chi connectivity index (χ0v) is 10.7. The number of hydrogen-bond acceptors (Lipinski definition) is 5. The molecule has 1 aromatic carbocycles. The summed E-state index contributed by atoms with van der Waals surface area (Å²) in [6.07, 6.45) is -1.78. The van der Waals surface area contributed by atoms with E-state index in [1.807, 2.05) is 0 Å². The number of hydrogen-bond donors (Lipinski definition) is 4. The monoisotopic (exact) mass is 306 g/mol. The second kappa shape index (κ2) is 5.94. The second-order valence-corrected chi connectivity index (χ2v) is 5.46. The average molecular weight is 306 g/mol. The van der Waals surface area contributed by atoms with Gasteiger partial charge in [-0.15, -0.1) is 0 Å². The van der Waals surface area contributed by atoms with E-state index >= 15 is 0 Å². The van der Waals surface area contributed by atoms with Crippen molar-refractivity contribution in [3.05, 3.63) is 29.6 Å². The van der Waals surface area contributed by atoms with Crippen LogP contribution < -0.4 is 10.5 Å². The zero-order chi connectivity index (χ0) is 15.5. The van der Waals surface area contributed by atoms with Crippen LogP contribution in [-0.4, -0.2) is 43.2 Å². The Hall–Kier alpha value is -2.04. The SMILES string of the molecule is NC(=O)C(O)CNS(=O)(=O)c1cc(C(=O)O)ccc1F. The maximum atomic E-state index is 13.4. The minimum absolute atomic E-state index is 0.428. The number of aliphatic hydroxyl groups is 1. The molecule has 8 nitrogen and oxygen atoms in total. The fourth-order valence-corrected chi connectivity index (χ4v) is 2.35. The lowest BCUT2D eigenvalue weighted by Gasteiger charge is -2.10. The predicted octanol–water partition coefficient (Wildman–Crippen LogP) is -1.35. The molecule has 0 aliphatic heterocycles. The van der Waals surface area contributed by atoms with E-state index in [2.05, 4.69) is 0 Å². The lowest BCUT2D eigenvalue weighted by atomic mass is 10.2. The van der Waals surface area contributed by atoms with Crippen LogP contribution in [-0.2, 0) is 14.8 Å². The van der Waals surface area contributed by atoms with E-state index in [4.69, 9.17) is 15.9 Å². The first kappa shape index (κ1) is 16.0. The molecular formula is C10H11FN2O6S. The largest absolute Gasteiger partial charge is 0.478 e. The van der Waals surface area contributed by atoms with E-state index in [1.54, 1.807) is 4.72 Å². The third-order valence-corrected chi connectivity index (χ3v) is 3.70. The van der Waals surface area contributed by atoms with E-state index in [9.17, 15) is 22.4 Å². The summed E-state index contributed by atoms with van der Waals surface area (Å²) in [5.41, 5.74) is 4.29. The summed E-state index contributed by atoms with van der Waals surface area (Å²) in [5.74, 6) is -3.76. The van der Waals surface area contributed by atoms with Gasteiger partial charge in [-0.25, -0.2) is 22.3 Å². The van der Waals surface area contributed by atoms with Gasteiger partial charge >= 0.3 is 5.97 Å². The number of nitrogens with two attached hydrogens (primary N) is 1. The molecule has 0 saturated carbocycles. The van der Waals surface area contributed by atoms with Gasteiger partial charge in [0, 0.05) is 6.54 Å². The van der Waals surface area contributed by atoms with Crippen molar-refractivity contribution < 1.29 is 32.6 Å². The fraction of sp³-hybridized carbons (Fsp3) is 0.200. The van der Waals surface area contributed by atoms with Crippen molar-refractivity contribution in [2.75, 3.05) is 6.54 Å². The fourth-order valence-electron chi connectivity index (χ4n) is 1.21. The van der Waals surface area contributed by atoms with Crippen molar-refractivity contribution in [3.8, 4) is 0 Å². The van der Waals surface area contributed by atoms with Gasteiger partial charge in [-0.3, -0.25) is 4.79 Å². The summed E-state index contributed by atoms with van der Waals surface area (Å²) in [5, 5.41) is 17.8. The van der Waals surface area contributed by atoms with E-state index in [0.29, 0.717) is 12.1 Å². The van der Waals surface area contributed by atoms with Crippen molar-refractivity contribution in [2.24, 2.45) is 5.73 Å². The molecule has 0 aliphatic rings. The number of benzene rings is 1. The first-order valence-corrected chi connectivity index (χ1v) is 6.63. The van der Waals surface area contributed by atoms with Crippen molar-refractivity contribution in [1.29, 1.82) is 0 Å². The summed E-state index contributed by atoms with van der Waals surface area (Å²) in [4.78, 5) is 20.3. The van der Waals surface area contributed by atoms with Crippen LogP contribution in [0, 0.1) is 5.82 Å². The Balaban J connectivity index is 3.06. The number of halogens is 1. The predicted molar refractivity (Wildman–Crippen MR) is 63.7 cm³/mol. The Morgan fingerprint density at radius 2 is 2.00 bits per heavy atom. The van der Waals surface area contributed by atoms with Gasteiger partial charge in [-0.2, -0.15) is 0 Å². The zero-order valence-electron chi connectivity index (χ0n) is 9.91. The molecule has 20 heavy (non-hydrogen) atoms. The summed E-state index contributed by atoms with van der Waals surface area (Å²) < 4.78 is 38.7. The number of primary amides is 1. The van der Waals surface area contributed by atoms with Crippen LogP contribution >= 0.6 is 0 Å². The first-order valence-electron chi connectivity index (χ1n) is 5.15. The average Bonchev–Trinajstić information content (AvgIpc) is 2.35. The normalized spacial score (nSPS) is 12.9. The van der Waals surface area contributed by atoms with Crippen LogP contribution in [0.5, 0.6) is 0 Å². The van der Waals surface area contributed by atoms with Crippen LogP contribution in [0.3, 0.4) is 0 Å². The summed E-state index contributed by atoms with van der Waals surface area (Å²) >= 11 is 0. The molecule has 1 amide bonds. The maximum absolute atomic E-state index is 13.4. The Morgan fingerprint density at radius 1 is 1.40 bits per heavy atom. The quantitative estimate of drug-likeness (QED) is 0.511. The van der Waals surface area contributed by atoms with Crippen molar-refractivity contribution >= 4 is 21.9 Å². The molecule has 1 aromatic rings. The number of carbonyl (C=O) groups is 2. The van der Waals surface area contributed by atoms with Crippen molar-refractivity contribution in [2.45, 2.75) is 11.0 Å². The van der Waals surface area contributed by atoms with E-state index in [-0.39, 0.29) is 0 Å². The molecule has 0 heterocycles. The van der Waals surface area contributed by atoms with Gasteiger partial charge in [0.15, 0.2) is 0 Å². The number of nitrogens with one attached hydrogen (secondary N) is 1. The summed E-state index contributed by atoms with van der Waals surface area (Å²) in [6.45, 7) is -0.756. The maximum Gasteiger partial charge on any atom is 0.335 e. The number of aliphatic hydroxyl groups excluding tert-OH is 1. The highest BCUT2D eigenvalue weighted by Gasteiger charge is 2.23. The number of carboxylic acid groups (broad SMARTS) is 1. The number of sulfonamides is 1. The molecule has 0 fully saturated rings. The van der Waals surface area contributed by atoms with Crippen molar-refractivity contribution in [1.82, 2.24) is 4.72 Å². The molecule has 110 valence electrons. The molecule has 5 N–H and O–H groups in total. The van der Waals surface area contributed by atoms with Crippen LogP contribution in [0.25, 0.3) is 0 Å². The van der Waals surface area contributed by atoms with Gasteiger partial charge in [0.2, 0.25) is 15.9 Å². The number of amides is 1. The standard InChI is InChI=1S/C10H11FN2O6S/c11-6-2-1-5(10(16)17)3-8(6)20(18,19)13-4-7(14)9(12)15/h1-3,7,13-14H,4H2,(H2,12,15)(H,16,17). The highest BCUT2D eigenvalue weighted by Crippen LogP contribution is 2.16. The highest BCUT2D eigenvalue weighted by molar-refractivity contribution is 7.89. The molecule has 1 rings (SSSR count). The summed E-state index contributed by atoms with van der Waals surface area (Å²) in [7, 11) is -4.43. The first-order chi connectivity index (χ1) is 9.15. The van der Waals surface area contributed by atoms with Gasteiger partial charge in [0.25, 0.3) is 0 Å². The molecule has 0 bridgehead atoms. The second-order valence-electron chi connectivity index (χ2n) is 3.72. The molecular weight excluding hydrogens is 295 g/mol. The Kier molecular flexibility index (Phi) is 4.76. The lowest BCUT2D eigenvalue weighted by molar-refractivity contribution is -0.125. The van der Waals surface area contributed by atoms with Crippen LogP contribution in [0.1, 0.15) is 10.4 Å². The smallest absolute Gasteiger partial charge is 0.335 e. The number of carbonyl (C=O) groups excluding carboxylic acids is 1. The third-order valence-electron chi connectivity index (χ3n) is 2.26. The van der Waals surface area contributed by atoms with Crippen LogP contribution in [0.4, 0.5) is 4.39 Å². The van der Waals surface area contributed by atoms with Crippen LogP contribution in [0.15, 0.2) is 23.1 Å². The van der Waals surface area contributed by atoms with E-state index < -0.39 is 50.8 Å². The van der Waals surface area contributed by atoms with Gasteiger partial charge < -0.3 is 15.9 Å². The topological polar surface area (TPSA) is 147 Å². The van der Waals surface area contributed by atoms with Gasteiger partial charge in [-0.05, 0) is 18.2 Å². The molecule has 0 saturated heterocycles. The molecule has 0 aromatic heterocycles. The van der Waals surface area contributed by atoms with Crippen LogP contribution in [0.2, 0.25) is 0 Å². The molecule has 10 heteroatoms. The lowest BCUT2D eigenvalue weighted by Crippen LogP contribution is -2.40. The Morgan fingerprint density at radius 3 is 2.50 bits per heavy atom. The van der Waals surface area contributed by atoms with Crippen molar-refractivity contribution in [3.63, 3.8) is 0 Å². The third kappa shape index (κ3) is 3.73. The molecule has 0 aliphatic carbocycles. The Labute approximate surface area is 113 Å². The number of aromatic carboxylic acids is 1.